The predicted octanol–water partition coefficient (Wildman–Crippen LogP) is 2.21. The Morgan fingerprint density at radius 3 is 2.27 bits per heavy atom. The summed E-state index contributed by atoms with van der Waals surface area (Å²) >= 11 is 11.4. The molecule has 5 heteroatoms. The van der Waals surface area contributed by atoms with Gasteiger partial charge in [-0.1, -0.05) is 11.6 Å². The molecule has 2 rings (SSSR count). The van der Waals surface area contributed by atoms with Gasteiger partial charge in [-0.05, 0) is 24.3 Å². The Labute approximate surface area is 96.6 Å². The highest BCUT2D eigenvalue weighted by atomic mass is 35.5. The minimum atomic E-state index is -0.742. The number of imide groups is 1. The SMILES string of the molecule is O=C1CC(Cl)C(=O)N1c1ccc(Cl)cc1. The van der Waals surface area contributed by atoms with Crippen LogP contribution in [0.1, 0.15) is 6.42 Å². The molecule has 78 valence electrons. The molecule has 1 saturated heterocycles. The van der Waals surface area contributed by atoms with Gasteiger partial charge in [0, 0.05) is 5.02 Å². The normalized spacial score (nSPS) is 21.2. The smallest absolute Gasteiger partial charge is 0.252 e. The zero-order valence-corrected chi connectivity index (χ0v) is 9.13. The third-order valence-corrected chi connectivity index (χ3v) is 2.77. The van der Waals surface area contributed by atoms with Crippen molar-refractivity contribution < 1.29 is 9.59 Å². The molecule has 0 bridgehead atoms. The molecule has 0 saturated carbocycles. The summed E-state index contributed by atoms with van der Waals surface area (Å²) in [6.45, 7) is 0. The molecule has 1 aliphatic rings. The van der Waals surface area contributed by atoms with Gasteiger partial charge in [-0.3, -0.25) is 9.59 Å². The Morgan fingerprint density at radius 2 is 1.80 bits per heavy atom. The van der Waals surface area contributed by atoms with E-state index in [-0.39, 0.29) is 18.2 Å². The molecule has 1 fully saturated rings. The van der Waals surface area contributed by atoms with Crippen LogP contribution < -0.4 is 4.90 Å². The second-order valence-corrected chi connectivity index (χ2v) is 4.18. The lowest BCUT2D eigenvalue weighted by Gasteiger charge is -2.13. The topological polar surface area (TPSA) is 37.4 Å². The zero-order chi connectivity index (χ0) is 11.0. The van der Waals surface area contributed by atoms with Gasteiger partial charge < -0.3 is 0 Å². The van der Waals surface area contributed by atoms with Crippen molar-refractivity contribution in [2.75, 3.05) is 4.90 Å². The first-order chi connectivity index (χ1) is 7.09. The minimum absolute atomic E-state index is 0.0585. The minimum Gasteiger partial charge on any atom is -0.274 e. The Balaban J connectivity index is 2.35. The highest BCUT2D eigenvalue weighted by Gasteiger charge is 2.38. The number of hydrogen-bond donors (Lipinski definition) is 0. The van der Waals surface area contributed by atoms with Crippen molar-refractivity contribution in [2.45, 2.75) is 11.8 Å². The summed E-state index contributed by atoms with van der Waals surface area (Å²) in [7, 11) is 0. The van der Waals surface area contributed by atoms with Crippen LogP contribution in [0.25, 0.3) is 0 Å². The van der Waals surface area contributed by atoms with E-state index in [2.05, 4.69) is 0 Å². The largest absolute Gasteiger partial charge is 0.274 e. The molecule has 3 nitrogen and oxygen atoms in total. The fraction of sp³-hybridized carbons (Fsp3) is 0.200. The number of benzene rings is 1. The number of rotatable bonds is 1. The second-order valence-electron chi connectivity index (χ2n) is 3.22. The van der Waals surface area contributed by atoms with E-state index in [9.17, 15) is 9.59 Å². The third kappa shape index (κ3) is 1.85. The van der Waals surface area contributed by atoms with Crippen LogP contribution in [0, 0.1) is 0 Å². The molecule has 1 aromatic rings. The standard InChI is InChI=1S/C10H7Cl2NO2/c11-6-1-3-7(4-2-6)13-9(14)5-8(12)10(13)15/h1-4,8H,5H2. The molecule has 1 unspecified atom stereocenters. The maximum atomic E-state index is 11.5. The number of carbonyl (C=O) groups excluding carboxylic acids is 2. The van der Waals surface area contributed by atoms with Crippen LogP contribution in [-0.2, 0) is 9.59 Å². The number of nitrogens with zero attached hydrogens (tertiary/aromatic N) is 1. The maximum absolute atomic E-state index is 11.5. The van der Waals surface area contributed by atoms with E-state index >= 15 is 0 Å². The molecule has 0 spiro atoms. The molecule has 0 N–H and O–H groups in total. The van der Waals surface area contributed by atoms with Gasteiger partial charge in [0.05, 0.1) is 12.1 Å². The lowest BCUT2D eigenvalue weighted by molar-refractivity contribution is -0.121. The van der Waals surface area contributed by atoms with E-state index in [1.807, 2.05) is 0 Å². The first-order valence-corrected chi connectivity index (χ1v) is 5.17. The monoisotopic (exact) mass is 243 g/mol. The van der Waals surface area contributed by atoms with E-state index < -0.39 is 5.38 Å². The van der Waals surface area contributed by atoms with Crippen molar-refractivity contribution in [1.82, 2.24) is 0 Å². The van der Waals surface area contributed by atoms with Crippen LogP contribution in [0.2, 0.25) is 5.02 Å². The van der Waals surface area contributed by atoms with E-state index in [0.717, 1.165) is 4.90 Å². The van der Waals surface area contributed by atoms with Crippen molar-refractivity contribution in [1.29, 1.82) is 0 Å². The van der Waals surface area contributed by atoms with Crippen LogP contribution in [-0.4, -0.2) is 17.2 Å². The Bertz CT molecular complexity index is 416. The number of anilines is 1. The summed E-state index contributed by atoms with van der Waals surface area (Å²) in [6, 6.07) is 6.48. The fourth-order valence-electron chi connectivity index (χ4n) is 1.46. The average Bonchev–Trinajstić information content (AvgIpc) is 2.44. The van der Waals surface area contributed by atoms with Crippen LogP contribution in [0.4, 0.5) is 5.69 Å². The van der Waals surface area contributed by atoms with Crippen LogP contribution in [0.15, 0.2) is 24.3 Å². The van der Waals surface area contributed by atoms with Crippen molar-refractivity contribution in [3.8, 4) is 0 Å². The number of alkyl halides is 1. The molecule has 0 aliphatic carbocycles. The molecule has 15 heavy (non-hydrogen) atoms. The summed E-state index contributed by atoms with van der Waals surface area (Å²) in [5.74, 6) is -0.647. The van der Waals surface area contributed by atoms with Crippen molar-refractivity contribution in [3.63, 3.8) is 0 Å². The van der Waals surface area contributed by atoms with E-state index in [0.29, 0.717) is 10.7 Å². The maximum Gasteiger partial charge on any atom is 0.252 e. The van der Waals surface area contributed by atoms with Crippen LogP contribution in [0.5, 0.6) is 0 Å². The van der Waals surface area contributed by atoms with Crippen molar-refractivity contribution in [3.05, 3.63) is 29.3 Å². The van der Waals surface area contributed by atoms with Gasteiger partial charge in [-0.15, -0.1) is 11.6 Å². The average molecular weight is 244 g/mol. The van der Waals surface area contributed by atoms with E-state index in [1.54, 1.807) is 24.3 Å². The van der Waals surface area contributed by atoms with Crippen LogP contribution >= 0.6 is 23.2 Å². The molecule has 0 aromatic heterocycles. The number of hydrogen-bond acceptors (Lipinski definition) is 2. The second kappa shape index (κ2) is 3.83. The van der Waals surface area contributed by atoms with E-state index in [1.165, 1.54) is 0 Å². The molecule has 1 atom stereocenters. The number of halogens is 2. The van der Waals surface area contributed by atoms with Gasteiger partial charge in [-0.25, -0.2) is 4.90 Å². The highest BCUT2D eigenvalue weighted by Crippen LogP contribution is 2.26. The molecule has 1 heterocycles. The van der Waals surface area contributed by atoms with Gasteiger partial charge in [0.2, 0.25) is 5.91 Å². The molecular formula is C10H7Cl2NO2. The summed E-state index contributed by atoms with van der Waals surface area (Å²) < 4.78 is 0. The predicted molar refractivity (Wildman–Crippen MR) is 58.2 cm³/mol. The summed E-state index contributed by atoms with van der Waals surface area (Å²) in [6.07, 6.45) is 0.0585. The van der Waals surface area contributed by atoms with Crippen molar-refractivity contribution >= 4 is 40.7 Å². The van der Waals surface area contributed by atoms with E-state index in [4.69, 9.17) is 23.2 Å². The Hall–Kier alpha value is -1.06. The number of amides is 2. The first-order valence-electron chi connectivity index (χ1n) is 4.36. The van der Waals surface area contributed by atoms with Gasteiger partial charge in [-0.2, -0.15) is 0 Å². The molecular weight excluding hydrogens is 237 g/mol. The molecule has 0 radical (unpaired) electrons. The zero-order valence-electron chi connectivity index (χ0n) is 7.61. The highest BCUT2D eigenvalue weighted by molar-refractivity contribution is 6.40. The third-order valence-electron chi connectivity index (χ3n) is 2.18. The van der Waals surface area contributed by atoms with Gasteiger partial charge in [0.15, 0.2) is 0 Å². The van der Waals surface area contributed by atoms with Crippen molar-refractivity contribution in [2.24, 2.45) is 0 Å². The summed E-state index contributed by atoms with van der Waals surface area (Å²) in [4.78, 5) is 24.1. The van der Waals surface area contributed by atoms with Crippen LogP contribution in [0.3, 0.4) is 0 Å². The number of carbonyl (C=O) groups is 2. The molecule has 1 aromatic carbocycles. The lowest BCUT2D eigenvalue weighted by atomic mass is 10.3. The van der Waals surface area contributed by atoms with Gasteiger partial charge >= 0.3 is 0 Å². The summed E-state index contributed by atoms with van der Waals surface area (Å²) in [5, 5.41) is -0.187. The van der Waals surface area contributed by atoms with Gasteiger partial charge in [0.25, 0.3) is 5.91 Å². The fourth-order valence-corrected chi connectivity index (χ4v) is 1.81. The molecule has 1 aliphatic heterocycles. The Morgan fingerprint density at radius 1 is 1.20 bits per heavy atom. The summed E-state index contributed by atoms with van der Waals surface area (Å²) in [5.41, 5.74) is 0.512. The Kier molecular flexibility index (Phi) is 2.67. The van der Waals surface area contributed by atoms with Gasteiger partial charge in [0.1, 0.15) is 5.38 Å². The molecule has 2 amide bonds. The lowest BCUT2D eigenvalue weighted by Crippen LogP contribution is -2.30. The first kappa shape index (κ1) is 10.5. The quantitative estimate of drug-likeness (QED) is 0.561.